The number of fused-ring (bicyclic) bond motifs is 4. The number of likely N-dealkylation sites (N-methyl/N-ethyl adjacent to an activating group) is 2. The molecule has 2 aromatic heterocycles. The van der Waals surface area contributed by atoms with Crippen molar-refractivity contribution < 1.29 is 36.6 Å². The molecule has 0 saturated carbocycles. The number of primary sulfonamides is 1. The number of rotatable bonds is 13. The van der Waals surface area contributed by atoms with Gasteiger partial charge in [0.2, 0.25) is 0 Å². The first-order chi connectivity index (χ1) is 30.9. The van der Waals surface area contributed by atoms with Crippen molar-refractivity contribution in [3.05, 3.63) is 80.2 Å². The molecule has 0 radical (unpaired) electrons. The monoisotopic (exact) mass is 950 g/mol. The highest BCUT2D eigenvalue weighted by atomic mass is 32.2. The molecule has 0 spiro atoms. The Morgan fingerprint density at radius 2 is 1.11 bits per heavy atom. The van der Waals surface area contributed by atoms with Crippen LogP contribution in [0, 0.1) is 11.5 Å². The molecule has 0 atom stereocenters. The number of carbonyl (C=O) groups is 1. The maximum atomic E-state index is 13.0. The molecule has 360 valence electrons. The highest BCUT2D eigenvalue weighted by Crippen LogP contribution is 2.41. The van der Waals surface area contributed by atoms with Gasteiger partial charge in [0.05, 0.1) is 24.5 Å². The van der Waals surface area contributed by atoms with Crippen LogP contribution in [0.15, 0.2) is 34.3 Å². The van der Waals surface area contributed by atoms with Gasteiger partial charge >= 0.3 is 6.03 Å². The zero-order chi connectivity index (χ0) is 48.4. The summed E-state index contributed by atoms with van der Waals surface area (Å²) in [6.07, 6.45) is 14.6. The van der Waals surface area contributed by atoms with Gasteiger partial charge in [0.1, 0.15) is 17.0 Å². The van der Waals surface area contributed by atoms with Crippen LogP contribution in [0.1, 0.15) is 109 Å². The van der Waals surface area contributed by atoms with Crippen LogP contribution in [-0.4, -0.2) is 104 Å². The van der Waals surface area contributed by atoms with E-state index in [1.807, 2.05) is 44.2 Å². The van der Waals surface area contributed by atoms with E-state index in [2.05, 4.69) is 32.4 Å². The number of anilines is 1. The Morgan fingerprint density at radius 3 is 1.50 bits per heavy atom. The molecular formula is C46H66N10O8S2. The van der Waals surface area contributed by atoms with Crippen molar-refractivity contribution in [3.8, 4) is 12.0 Å². The molecule has 2 heterocycles. The number of nitriles is 1. The fraction of sp³-hybridized carbons (Fsp3) is 0.565. The van der Waals surface area contributed by atoms with Crippen LogP contribution in [0.25, 0.3) is 0 Å². The number of hydrogen-bond acceptors (Lipinski definition) is 13. The van der Waals surface area contributed by atoms with Gasteiger partial charge in [-0.25, -0.2) is 23.1 Å². The number of benzene rings is 2. The summed E-state index contributed by atoms with van der Waals surface area (Å²) in [5.41, 5.74) is 9.29. The third-order valence-corrected chi connectivity index (χ3v) is 14.3. The molecule has 0 unspecified atom stereocenters. The van der Waals surface area contributed by atoms with E-state index in [1.165, 1.54) is 67.7 Å². The number of urea groups is 1. The minimum atomic E-state index is -4.23. The van der Waals surface area contributed by atoms with Gasteiger partial charge in [-0.2, -0.15) is 18.6 Å². The summed E-state index contributed by atoms with van der Waals surface area (Å²) in [4.78, 5) is 16.7. The van der Waals surface area contributed by atoms with E-state index in [0.29, 0.717) is 37.6 Å². The van der Waals surface area contributed by atoms with Crippen LogP contribution in [0.5, 0.6) is 5.75 Å². The molecule has 0 bridgehead atoms. The van der Waals surface area contributed by atoms with E-state index >= 15 is 0 Å². The number of hydrogen-bond donors (Lipinski definition) is 5. The van der Waals surface area contributed by atoms with Gasteiger partial charge in [0.15, 0.2) is 10.1 Å². The molecular weight excluding hydrogens is 885 g/mol. The number of nitrogens with two attached hydrogens (primary N) is 1. The number of carbonyl (C=O) groups excluding carboxylic acids is 1. The average Bonchev–Trinajstić information content (AvgIpc) is 4.06. The van der Waals surface area contributed by atoms with Crippen molar-refractivity contribution in [1.29, 1.82) is 5.26 Å². The van der Waals surface area contributed by atoms with Crippen molar-refractivity contribution in [2.75, 3.05) is 46.6 Å². The predicted octanol–water partition coefficient (Wildman–Crippen LogP) is 4.00. The number of sulfonamides is 2. The van der Waals surface area contributed by atoms with Crippen LogP contribution < -0.4 is 19.9 Å². The average molecular weight is 951 g/mol. The molecule has 8 rings (SSSR count). The molecule has 0 aliphatic heterocycles. The Kier molecular flexibility index (Phi) is 15.4. The summed E-state index contributed by atoms with van der Waals surface area (Å²) in [5, 5.41) is 44.7. The molecule has 2 amide bonds. The summed E-state index contributed by atoms with van der Waals surface area (Å²) in [6.45, 7) is 8.45. The summed E-state index contributed by atoms with van der Waals surface area (Å²) in [6, 6.07) is 6.43. The highest BCUT2D eigenvalue weighted by molar-refractivity contribution is 7.90. The fourth-order valence-electron chi connectivity index (χ4n) is 9.19. The Hall–Kier alpha value is -4.88. The second-order valence-corrected chi connectivity index (χ2v) is 22.3. The lowest BCUT2D eigenvalue weighted by molar-refractivity contribution is 0.0672. The Labute approximate surface area is 389 Å². The smallest absolute Gasteiger partial charge is 0.333 e. The molecule has 0 saturated heterocycles. The number of nitrogens with one attached hydrogen (secondary N) is 2. The van der Waals surface area contributed by atoms with Crippen molar-refractivity contribution in [3.63, 3.8) is 0 Å². The summed E-state index contributed by atoms with van der Waals surface area (Å²) in [5.74, 6) is 0.903. The zero-order valence-electron chi connectivity index (χ0n) is 39.5. The van der Waals surface area contributed by atoms with Crippen molar-refractivity contribution in [1.82, 2.24) is 34.1 Å². The van der Waals surface area contributed by atoms with Gasteiger partial charge in [-0.3, -0.25) is 9.36 Å². The van der Waals surface area contributed by atoms with E-state index < -0.39 is 37.3 Å². The molecule has 4 aliphatic rings. The number of aryl methyl sites for hydroxylation is 4. The normalized spacial score (nSPS) is 15.3. The molecule has 4 aromatic rings. The van der Waals surface area contributed by atoms with Gasteiger partial charge < -0.3 is 30.1 Å². The van der Waals surface area contributed by atoms with Gasteiger partial charge in [0, 0.05) is 30.9 Å². The van der Waals surface area contributed by atoms with Crippen molar-refractivity contribution >= 4 is 31.8 Å². The van der Waals surface area contributed by atoms with E-state index in [-0.39, 0.29) is 10.1 Å². The number of nitrogens with zero attached hydrogens (tertiary/aromatic N) is 7. The first-order valence-corrected chi connectivity index (χ1v) is 25.6. The van der Waals surface area contributed by atoms with Gasteiger partial charge in [-0.1, -0.05) is 12.1 Å². The van der Waals surface area contributed by atoms with Crippen LogP contribution in [0.2, 0.25) is 0 Å². The maximum Gasteiger partial charge on any atom is 0.333 e. The SMILES string of the molecule is CN(C)CCn1nc(S(=O)(=O)NC(=O)Nc2c3c(cc4c2CCC4)CCC3)cc1C(C)(C)O.CN(C)CCn1nc(S(N)(=O)=O)cc1C(C)(C)O.N#COc1c2c(cc3c1CCC3)CCC2. The first-order valence-electron chi connectivity index (χ1n) is 22.5. The van der Waals surface area contributed by atoms with Crippen molar-refractivity contribution in [2.24, 2.45) is 5.14 Å². The topological polar surface area (TPSA) is 251 Å². The second kappa shape index (κ2) is 20.1. The predicted molar refractivity (Wildman–Crippen MR) is 250 cm³/mol. The molecule has 18 nitrogen and oxygen atoms in total. The third kappa shape index (κ3) is 12.0. The van der Waals surface area contributed by atoms with Gasteiger partial charge in [-0.05, 0) is 177 Å². The van der Waals surface area contributed by atoms with E-state index in [9.17, 15) is 31.8 Å². The van der Waals surface area contributed by atoms with Crippen LogP contribution in [0.3, 0.4) is 0 Å². The quantitative estimate of drug-likeness (QED) is 0.119. The molecule has 20 heteroatoms. The standard InChI is InChI=1S/C23H33N5O4S.C13H13NO.C10H20N4O3S/c1-23(2,30)19-14-20(25-28(19)12-11-27(3)4)33(31,32)26-22(29)24-21-17-9-5-7-15(17)13-16-8-6-10-18(16)21;14-8-15-13-11-5-1-3-9(11)7-10-4-2-6-12(10)13;1-10(2,15)8-7-9(18(11,16)17)12-14(8)6-5-13(3)4/h13-14,30H,5-12H2,1-4H3,(H2,24,26,29);7H,1-6H2;7,15H,5-6H2,1-4H3,(H2,11,16,17). The molecule has 6 N–H and O–H groups in total. The van der Waals surface area contributed by atoms with Crippen molar-refractivity contribution in [2.45, 2.75) is 139 Å². The van der Waals surface area contributed by atoms with Crippen LogP contribution in [-0.2, 0) is 95.7 Å². The number of ether oxygens (including phenoxy) is 1. The Balaban J connectivity index is 0.000000182. The minimum absolute atomic E-state index is 0.224. The largest absolute Gasteiger partial charge is 0.387 e. The number of amides is 2. The first kappa shape index (κ1) is 50.5. The Bertz CT molecular complexity index is 2640. The summed E-state index contributed by atoms with van der Waals surface area (Å²) in [7, 11) is -0.500. The number of aromatic nitrogens is 4. The molecule has 4 aliphatic carbocycles. The third-order valence-electron chi connectivity index (χ3n) is 12.4. The summed E-state index contributed by atoms with van der Waals surface area (Å²) < 4.78 is 58.8. The molecule has 2 aromatic carbocycles. The van der Waals surface area contributed by atoms with E-state index in [4.69, 9.17) is 15.1 Å². The molecule has 0 fully saturated rings. The lowest BCUT2D eigenvalue weighted by Crippen LogP contribution is -2.35. The number of aliphatic hydroxyl groups is 2. The second-order valence-electron chi connectivity index (χ2n) is 19.1. The maximum absolute atomic E-state index is 13.0. The fourth-order valence-corrected chi connectivity index (χ4v) is 10.5. The summed E-state index contributed by atoms with van der Waals surface area (Å²) >= 11 is 0. The van der Waals surface area contributed by atoms with Gasteiger partial charge in [-0.15, -0.1) is 5.26 Å². The van der Waals surface area contributed by atoms with Crippen LogP contribution in [0.4, 0.5) is 10.5 Å². The molecule has 66 heavy (non-hydrogen) atoms. The lowest BCUT2D eigenvalue weighted by atomic mass is 9.99. The van der Waals surface area contributed by atoms with E-state index in [1.54, 1.807) is 27.7 Å². The van der Waals surface area contributed by atoms with E-state index in [0.717, 1.165) is 86.8 Å². The highest BCUT2D eigenvalue weighted by Gasteiger charge is 2.31. The van der Waals surface area contributed by atoms with Crippen LogP contribution >= 0.6 is 0 Å². The zero-order valence-corrected chi connectivity index (χ0v) is 41.1. The van der Waals surface area contributed by atoms with Gasteiger partial charge in [0.25, 0.3) is 26.3 Å². The minimum Gasteiger partial charge on any atom is -0.387 e. The Morgan fingerprint density at radius 1 is 0.712 bits per heavy atom. The lowest BCUT2D eigenvalue weighted by Gasteiger charge is -2.19.